The molecule has 4 nitrogen and oxygen atoms in total. The Kier molecular flexibility index (Phi) is 6.81. The zero-order valence-electron chi connectivity index (χ0n) is 16.9. The molecule has 2 aromatic rings. The highest BCUT2D eigenvalue weighted by atomic mass is 19.1. The molecule has 2 N–H and O–H groups in total. The first-order chi connectivity index (χ1) is 14.0. The number of rotatable bonds is 7. The molecule has 5 heteroatoms. The first kappa shape index (κ1) is 20.8. The molecule has 0 bridgehead atoms. The molecule has 3 rings (SSSR count). The highest BCUT2D eigenvalue weighted by Crippen LogP contribution is 2.44. The molecule has 0 aromatic heterocycles. The summed E-state index contributed by atoms with van der Waals surface area (Å²) in [7, 11) is 0. The van der Waals surface area contributed by atoms with Gasteiger partial charge >= 0.3 is 0 Å². The molecule has 2 unspecified atom stereocenters. The van der Waals surface area contributed by atoms with E-state index in [0.29, 0.717) is 11.1 Å². The van der Waals surface area contributed by atoms with Crippen LogP contribution in [-0.2, 0) is 4.79 Å². The Bertz CT molecular complexity index is 936. The fourth-order valence-corrected chi connectivity index (χ4v) is 4.00. The lowest BCUT2D eigenvalue weighted by Gasteiger charge is -2.32. The molecular formula is C24H27FN2O2. The number of fused-ring (bicyclic) bond motifs is 1. The molecule has 152 valence electrons. The maximum Gasteiger partial charge on any atom is 0.271 e. The molecule has 1 aliphatic carbocycles. The van der Waals surface area contributed by atoms with Crippen LogP contribution in [0.5, 0.6) is 0 Å². The summed E-state index contributed by atoms with van der Waals surface area (Å²) in [5.41, 5.74) is 4.85. The number of aliphatic hydroxyl groups excluding tert-OH is 1. The van der Waals surface area contributed by atoms with Crippen LogP contribution in [0, 0.1) is 11.7 Å². The van der Waals surface area contributed by atoms with E-state index in [1.807, 2.05) is 31.2 Å². The molecule has 0 fully saturated rings. The second kappa shape index (κ2) is 9.50. The molecule has 0 saturated carbocycles. The Morgan fingerprint density at radius 2 is 1.90 bits per heavy atom. The lowest BCUT2D eigenvalue weighted by Crippen LogP contribution is -2.30. The second-order valence-electron chi connectivity index (χ2n) is 7.46. The molecule has 0 aliphatic heterocycles. The number of nitrogens with one attached hydrogen (secondary N) is 1. The zero-order chi connectivity index (χ0) is 20.8. The van der Waals surface area contributed by atoms with E-state index < -0.39 is 11.7 Å². The van der Waals surface area contributed by atoms with E-state index >= 15 is 0 Å². The summed E-state index contributed by atoms with van der Waals surface area (Å²) in [5, 5.41) is 14.7. The summed E-state index contributed by atoms with van der Waals surface area (Å²) >= 11 is 0. The van der Waals surface area contributed by atoms with E-state index in [1.165, 1.54) is 12.3 Å². The van der Waals surface area contributed by atoms with Crippen molar-refractivity contribution in [3.8, 4) is 0 Å². The van der Waals surface area contributed by atoms with Gasteiger partial charge in [-0.25, -0.2) is 9.82 Å². The van der Waals surface area contributed by atoms with Crippen molar-refractivity contribution in [2.45, 2.75) is 45.4 Å². The Labute approximate surface area is 171 Å². The Morgan fingerprint density at radius 1 is 1.17 bits per heavy atom. The van der Waals surface area contributed by atoms with E-state index in [4.69, 9.17) is 0 Å². The number of carbonyl (C=O) groups excluding carboxylic acids is 1. The Morgan fingerprint density at radius 3 is 2.66 bits per heavy atom. The fraction of sp³-hybridized carbons (Fsp3) is 0.333. The van der Waals surface area contributed by atoms with Gasteiger partial charge in [0.15, 0.2) is 0 Å². The summed E-state index contributed by atoms with van der Waals surface area (Å²) in [4.78, 5) is 12.8. The molecule has 0 radical (unpaired) electrons. The number of nitrogens with zero attached hydrogens (tertiary/aromatic N) is 1. The number of hydrogen-bond acceptors (Lipinski definition) is 3. The number of aliphatic hydroxyl groups is 1. The monoisotopic (exact) mass is 394 g/mol. The minimum absolute atomic E-state index is 0.00145. The quantitative estimate of drug-likeness (QED) is 0.367. The van der Waals surface area contributed by atoms with Crippen molar-refractivity contribution < 1.29 is 14.3 Å². The van der Waals surface area contributed by atoms with Gasteiger partial charge in [0, 0.05) is 11.1 Å². The molecule has 29 heavy (non-hydrogen) atoms. The van der Waals surface area contributed by atoms with Crippen LogP contribution in [0.15, 0.2) is 59.2 Å². The third-order valence-corrected chi connectivity index (χ3v) is 5.57. The predicted molar refractivity (Wildman–Crippen MR) is 114 cm³/mol. The molecule has 2 aromatic carbocycles. The van der Waals surface area contributed by atoms with Crippen molar-refractivity contribution in [1.29, 1.82) is 0 Å². The summed E-state index contributed by atoms with van der Waals surface area (Å²) in [6, 6.07) is 13.9. The zero-order valence-corrected chi connectivity index (χ0v) is 16.9. The number of unbranched alkanes of at least 4 members (excludes halogenated alkanes) is 2. The number of halogens is 1. The van der Waals surface area contributed by atoms with Crippen LogP contribution in [0.3, 0.4) is 0 Å². The van der Waals surface area contributed by atoms with E-state index in [9.17, 15) is 14.3 Å². The molecule has 0 heterocycles. The molecular weight excluding hydrogens is 367 g/mol. The summed E-state index contributed by atoms with van der Waals surface area (Å²) in [5.74, 6) is -0.866. The molecule has 2 atom stereocenters. The van der Waals surface area contributed by atoms with Crippen LogP contribution in [-0.4, -0.2) is 17.2 Å². The van der Waals surface area contributed by atoms with Crippen LogP contribution in [0.1, 0.15) is 62.1 Å². The summed E-state index contributed by atoms with van der Waals surface area (Å²) in [6.45, 7) is 4.13. The van der Waals surface area contributed by atoms with Crippen LogP contribution < -0.4 is 5.43 Å². The maximum absolute atomic E-state index is 13.7. The van der Waals surface area contributed by atoms with Gasteiger partial charge in [0.2, 0.25) is 0 Å². The summed E-state index contributed by atoms with van der Waals surface area (Å²) < 4.78 is 13.7. The van der Waals surface area contributed by atoms with Crippen molar-refractivity contribution >= 4 is 17.9 Å². The van der Waals surface area contributed by atoms with Gasteiger partial charge in [-0.05, 0) is 29.9 Å². The van der Waals surface area contributed by atoms with Gasteiger partial charge in [-0.2, -0.15) is 5.10 Å². The van der Waals surface area contributed by atoms with E-state index in [-0.39, 0.29) is 23.2 Å². The topological polar surface area (TPSA) is 61.7 Å². The van der Waals surface area contributed by atoms with Gasteiger partial charge in [-0.3, -0.25) is 4.79 Å². The van der Waals surface area contributed by atoms with E-state index in [0.717, 1.165) is 31.2 Å². The van der Waals surface area contributed by atoms with Crippen molar-refractivity contribution in [2.24, 2.45) is 11.0 Å². The Hall–Kier alpha value is -2.95. The average Bonchev–Trinajstić information content (AvgIpc) is 2.72. The van der Waals surface area contributed by atoms with E-state index in [2.05, 4.69) is 17.5 Å². The van der Waals surface area contributed by atoms with Crippen molar-refractivity contribution in [3.63, 3.8) is 0 Å². The number of carbonyl (C=O) groups is 1. The largest absolute Gasteiger partial charge is 0.507 e. The van der Waals surface area contributed by atoms with Crippen molar-refractivity contribution in [1.82, 2.24) is 5.43 Å². The lowest BCUT2D eigenvalue weighted by atomic mass is 9.72. The standard InChI is InChI=1S/C24H27FN2O2/c1-3-4-5-11-18-16(2)22(23(28)20-13-8-7-12-19(18)20)24(29)27-26-15-17-10-6-9-14-21(17)25/h6-10,12-16,18,28H,3-5,11H2,1-2H3,(H,27,29). The highest BCUT2D eigenvalue weighted by Gasteiger charge is 2.35. The fourth-order valence-electron chi connectivity index (χ4n) is 4.00. The smallest absolute Gasteiger partial charge is 0.271 e. The second-order valence-corrected chi connectivity index (χ2v) is 7.46. The lowest BCUT2D eigenvalue weighted by molar-refractivity contribution is -0.118. The number of amides is 1. The minimum atomic E-state index is -0.461. The van der Waals surface area contributed by atoms with Crippen LogP contribution in [0.2, 0.25) is 0 Å². The SMILES string of the molecule is CCCCCC1c2ccccc2C(O)=C(C(=O)NN=Cc2ccccc2F)C1C. The van der Waals surface area contributed by atoms with Crippen molar-refractivity contribution in [2.75, 3.05) is 0 Å². The maximum atomic E-state index is 13.7. The van der Waals surface area contributed by atoms with Gasteiger partial charge in [0.25, 0.3) is 5.91 Å². The molecule has 0 spiro atoms. The predicted octanol–water partition coefficient (Wildman–Crippen LogP) is 5.56. The molecule has 0 saturated heterocycles. The van der Waals surface area contributed by atoms with Crippen LogP contribution in [0.4, 0.5) is 4.39 Å². The van der Waals surface area contributed by atoms with Crippen LogP contribution >= 0.6 is 0 Å². The molecule has 1 amide bonds. The van der Waals surface area contributed by atoms with Gasteiger partial charge in [-0.1, -0.05) is 75.6 Å². The Balaban J connectivity index is 1.84. The van der Waals surface area contributed by atoms with Gasteiger partial charge in [-0.15, -0.1) is 0 Å². The number of benzene rings is 2. The van der Waals surface area contributed by atoms with Crippen LogP contribution in [0.25, 0.3) is 5.76 Å². The normalized spacial score (nSPS) is 18.7. The summed E-state index contributed by atoms with van der Waals surface area (Å²) in [6.07, 6.45) is 5.55. The van der Waals surface area contributed by atoms with Gasteiger partial charge in [0.1, 0.15) is 11.6 Å². The van der Waals surface area contributed by atoms with E-state index in [1.54, 1.807) is 18.2 Å². The van der Waals surface area contributed by atoms with Gasteiger partial charge < -0.3 is 5.11 Å². The average molecular weight is 394 g/mol. The third kappa shape index (κ3) is 4.56. The first-order valence-electron chi connectivity index (χ1n) is 10.1. The highest BCUT2D eigenvalue weighted by molar-refractivity contribution is 6.01. The molecule has 1 aliphatic rings. The van der Waals surface area contributed by atoms with Crippen molar-refractivity contribution in [3.05, 3.63) is 76.6 Å². The number of hydrazone groups is 1. The number of hydrogen-bond donors (Lipinski definition) is 2. The first-order valence-corrected chi connectivity index (χ1v) is 10.1. The third-order valence-electron chi connectivity index (χ3n) is 5.57. The van der Waals surface area contributed by atoms with Gasteiger partial charge in [0.05, 0.1) is 11.8 Å². The minimum Gasteiger partial charge on any atom is -0.507 e.